The summed E-state index contributed by atoms with van der Waals surface area (Å²) in [6.07, 6.45) is -0.565. The zero-order chi connectivity index (χ0) is 16.5. The number of carbonyl (C=O) groups is 1. The number of hydrogen-bond donors (Lipinski definition) is 3. The molecule has 1 fully saturated rings. The molecule has 1 amide bonds. The first kappa shape index (κ1) is 16.6. The van der Waals surface area contributed by atoms with Gasteiger partial charge in [0.25, 0.3) is 5.91 Å². The Bertz CT molecular complexity index is 725. The first-order chi connectivity index (χ1) is 10.2. The standard InChI is InChI=1S/C13H19N3O5S/c1-7(2)3-8-4-9(16-13(19)14-8)12(18)15-10-5-22(20,21)6-11(10)17/h4,7,10-11,17H,3,5-6H2,1-2H3,(H,15,18)(H,14,16,19)/t10-,11-/m1/s1. The fourth-order valence-electron chi connectivity index (χ4n) is 2.38. The Morgan fingerprint density at radius 1 is 1.50 bits per heavy atom. The molecule has 0 aromatic carbocycles. The van der Waals surface area contributed by atoms with Crippen LogP contribution in [0.5, 0.6) is 0 Å². The maximum Gasteiger partial charge on any atom is 0.345 e. The van der Waals surface area contributed by atoms with Crippen LogP contribution in [-0.2, 0) is 16.3 Å². The van der Waals surface area contributed by atoms with Gasteiger partial charge in [-0.2, -0.15) is 4.98 Å². The minimum atomic E-state index is -3.36. The SMILES string of the molecule is CC(C)Cc1cc(C(=O)N[C@@H]2CS(=O)(=O)C[C@H]2O)nc(=O)[nH]1. The third-order valence-corrected chi connectivity index (χ3v) is 5.02. The number of sulfone groups is 1. The monoisotopic (exact) mass is 329 g/mol. The number of rotatable bonds is 4. The summed E-state index contributed by atoms with van der Waals surface area (Å²) in [5.74, 6) is -1.07. The molecular weight excluding hydrogens is 310 g/mol. The Morgan fingerprint density at radius 2 is 2.18 bits per heavy atom. The van der Waals surface area contributed by atoms with Crippen molar-refractivity contribution in [1.29, 1.82) is 0 Å². The molecule has 2 heterocycles. The maximum absolute atomic E-state index is 12.1. The highest BCUT2D eigenvalue weighted by atomic mass is 32.2. The molecule has 0 radical (unpaired) electrons. The number of aromatic nitrogens is 2. The predicted octanol–water partition coefficient (Wildman–Crippen LogP) is -1.14. The third-order valence-electron chi connectivity index (χ3n) is 3.30. The van der Waals surface area contributed by atoms with E-state index in [0.717, 1.165) is 0 Å². The summed E-state index contributed by atoms with van der Waals surface area (Å²) >= 11 is 0. The van der Waals surface area contributed by atoms with Gasteiger partial charge in [0.15, 0.2) is 9.84 Å². The molecule has 0 unspecified atom stereocenters. The smallest absolute Gasteiger partial charge is 0.345 e. The number of aliphatic hydroxyl groups is 1. The predicted molar refractivity (Wildman–Crippen MR) is 79.3 cm³/mol. The Balaban J connectivity index is 2.16. The van der Waals surface area contributed by atoms with Crippen molar-refractivity contribution in [2.45, 2.75) is 32.4 Å². The van der Waals surface area contributed by atoms with Gasteiger partial charge < -0.3 is 15.4 Å². The molecule has 122 valence electrons. The summed E-state index contributed by atoms with van der Waals surface area (Å²) in [5, 5.41) is 12.1. The lowest BCUT2D eigenvalue weighted by Gasteiger charge is -2.14. The van der Waals surface area contributed by atoms with Gasteiger partial charge in [0.1, 0.15) is 5.69 Å². The van der Waals surface area contributed by atoms with Crippen molar-refractivity contribution in [3.8, 4) is 0 Å². The van der Waals surface area contributed by atoms with E-state index in [1.165, 1.54) is 6.07 Å². The highest BCUT2D eigenvalue weighted by molar-refractivity contribution is 7.91. The molecule has 2 atom stereocenters. The van der Waals surface area contributed by atoms with Gasteiger partial charge in [-0.15, -0.1) is 0 Å². The molecule has 0 aliphatic carbocycles. The fourth-order valence-corrected chi connectivity index (χ4v) is 4.12. The Morgan fingerprint density at radius 3 is 2.73 bits per heavy atom. The molecule has 1 saturated heterocycles. The number of aromatic amines is 1. The number of H-pyrrole nitrogens is 1. The quantitative estimate of drug-likeness (QED) is 0.640. The van der Waals surface area contributed by atoms with E-state index in [2.05, 4.69) is 15.3 Å². The van der Waals surface area contributed by atoms with E-state index in [4.69, 9.17) is 0 Å². The molecule has 0 bridgehead atoms. The topological polar surface area (TPSA) is 129 Å². The van der Waals surface area contributed by atoms with Crippen LogP contribution in [0.3, 0.4) is 0 Å². The number of aliphatic hydroxyl groups excluding tert-OH is 1. The molecule has 1 aromatic heterocycles. The van der Waals surface area contributed by atoms with Crippen LogP contribution in [0.4, 0.5) is 0 Å². The van der Waals surface area contributed by atoms with Gasteiger partial charge in [-0.3, -0.25) is 4.79 Å². The number of hydrogen-bond acceptors (Lipinski definition) is 6. The van der Waals surface area contributed by atoms with Crippen molar-refractivity contribution in [3.05, 3.63) is 27.9 Å². The molecule has 1 aliphatic heterocycles. The van der Waals surface area contributed by atoms with E-state index < -0.39 is 33.6 Å². The van der Waals surface area contributed by atoms with Crippen LogP contribution in [0, 0.1) is 5.92 Å². The van der Waals surface area contributed by atoms with Crippen molar-refractivity contribution in [2.75, 3.05) is 11.5 Å². The van der Waals surface area contributed by atoms with Gasteiger partial charge in [0.2, 0.25) is 0 Å². The zero-order valence-electron chi connectivity index (χ0n) is 12.4. The average Bonchev–Trinajstić information content (AvgIpc) is 2.60. The minimum Gasteiger partial charge on any atom is -0.390 e. The zero-order valence-corrected chi connectivity index (χ0v) is 13.2. The largest absolute Gasteiger partial charge is 0.390 e. The molecule has 8 nitrogen and oxygen atoms in total. The summed E-state index contributed by atoms with van der Waals surface area (Å²) < 4.78 is 22.8. The van der Waals surface area contributed by atoms with Gasteiger partial charge in [-0.25, -0.2) is 13.2 Å². The summed E-state index contributed by atoms with van der Waals surface area (Å²) in [5.41, 5.74) is -0.140. The summed E-state index contributed by atoms with van der Waals surface area (Å²) in [6, 6.07) is 0.583. The van der Waals surface area contributed by atoms with Gasteiger partial charge in [-0.05, 0) is 18.4 Å². The number of carbonyl (C=O) groups excluding carboxylic acids is 1. The maximum atomic E-state index is 12.1. The van der Waals surface area contributed by atoms with Crippen molar-refractivity contribution in [3.63, 3.8) is 0 Å². The second-order valence-electron chi connectivity index (χ2n) is 5.92. The van der Waals surface area contributed by atoms with Crippen LogP contribution in [-0.4, -0.2) is 53.1 Å². The first-order valence-corrected chi connectivity index (χ1v) is 8.78. The minimum absolute atomic E-state index is 0.0871. The Kier molecular flexibility index (Phi) is 4.66. The van der Waals surface area contributed by atoms with E-state index in [9.17, 15) is 23.1 Å². The lowest BCUT2D eigenvalue weighted by molar-refractivity contribution is 0.0883. The van der Waals surface area contributed by atoms with Gasteiger partial charge in [0.05, 0.1) is 23.7 Å². The second kappa shape index (κ2) is 6.17. The van der Waals surface area contributed by atoms with Crippen LogP contribution < -0.4 is 11.0 Å². The molecule has 0 spiro atoms. The van der Waals surface area contributed by atoms with E-state index in [0.29, 0.717) is 12.1 Å². The molecule has 3 N–H and O–H groups in total. The molecular formula is C13H19N3O5S. The molecule has 1 aliphatic rings. The van der Waals surface area contributed by atoms with Gasteiger partial charge in [-0.1, -0.05) is 13.8 Å². The molecule has 9 heteroatoms. The van der Waals surface area contributed by atoms with Crippen LogP contribution >= 0.6 is 0 Å². The van der Waals surface area contributed by atoms with E-state index in [-0.39, 0.29) is 23.1 Å². The molecule has 2 rings (SSSR count). The van der Waals surface area contributed by atoms with Crippen LogP contribution in [0.2, 0.25) is 0 Å². The molecule has 22 heavy (non-hydrogen) atoms. The van der Waals surface area contributed by atoms with Crippen molar-refractivity contribution in [1.82, 2.24) is 15.3 Å². The number of nitrogens with zero attached hydrogens (tertiary/aromatic N) is 1. The highest BCUT2D eigenvalue weighted by Crippen LogP contribution is 2.13. The number of nitrogens with one attached hydrogen (secondary N) is 2. The van der Waals surface area contributed by atoms with E-state index in [1.807, 2.05) is 13.8 Å². The van der Waals surface area contributed by atoms with Gasteiger partial charge in [0, 0.05) is 5.69 Å². The lowest BCUT2D eigenvalue weighted by atomic mass is 10.1. The lowest BCUT2D eigenvalue weighted by Crippen LogP contribution is -2.43. The third kappa shape index (κ3) is 4.14. The molecule has 1 aromatic rings. The Labute approximate surface area is 127 Å². The van der Waals surface area contributed by atoms with E-state index in [1.54, 1.807) is 0 Å². The second-order valence-corrected chi connectivity index (χ2v) is 8.07. The summed E-state index contributed by atoms with van der Waals surface area (Å²) in [4.78, 5) is 29.8. The van der Waals surface area contributed by atoms with Crippen molar-refractivity contribution < 1.29 is 18.3 Å². The first-order valence-electron chi connectivity index (χ1n) is 6.96. The highest BCUT2D eigenvalue weighted by Gasteiger charge is 2.37. The van der Waals surface area contributed by atoms with Gasteiger partial charge >= 0.3 is 5.69 Å². The van der Waals surface area contributed by atoms with Crippen LogP contribution in [0.1, 0.15) is 30.0 Å². The molecule has 0 saturated carbocycles. The van der Waals surface area contributed by atoms with Crippen LogP contribution in [0.25, 0.3) is 0 Å². The van der Waals surface area contributed by atoms with Crippen LogP contribution in [0.15, 0.2) is 10.9 Å². The Hall–Kier alpha value is -1.74. The van der Waals surface area contributed by atoms with Crippen molar-refractivity contribution in [2.24, 2.45) is 5.92 Å². The fraction of sp³-hybridized carbons (Fsp3) is 0.615. The van der Waals surface area contributed by atoms with E-state index >= 15 is 0 Å². The normalized spacial score (nSPS) is 23.6. The summed E-state index contributed by atoms with van der Waals surface area (Å²) in [6.45, 7) is 3.94. The van der Waals surface area contributed by atoms with Crippen molar-refractivity contribution >= 4 is 15.7 Å². The number of amides is 1. The summed E-state index contributed by atoms with van der Waals surface area (Å²) in [7, 11) is -3.36. The average molecular weight is 329 g/mol.